The molecule has 0 saturated heterocycles. The molecule has 4 nitrogen and oxygen atoms in total. The molecule has 2 heterocycles. The Morgan fingerprint density at radius 2 is 2.20 bits per heavy atom. The summed E-state index contributed by atoms with van der Waals surface area (Å²) < 4.78 is 2.28. The van der Waals surface area contributed by atoms with Crippen LogP contribution in [-0.4, -0.2) is 40.1 Å². The summed E-state index contributed by atoms with van der Waals surface area (Å²) in [6, 6.07) is 0.562. The Balaban J connectivity index is 1.94. The molecular formula is C16H30N4. The summed E-state index contributed by atoms with van der Waals surface area (Å²) >= 11 is 0. The van der Waals surface area contributed by atoms with E-state index in [1.807, 2.05) is 6.20 Å². The van der Waals surface area contributed by atoms with Gasteiger partial charge in [0.1, 0.15) is 5.82 Å². The quantitative estimate of drug-likeness (QED) is 0.832. The van der Waals surface area contributed by atoms with Crippen LogP contribution in [0.25, 0.3) is 0 Å². The van der Waals surface area contributed by atoms with Crippen LogP contribution in [0.1, 0.15) is 46.4 Å². The third-order valence-corrected chi connectivity index (χ3v) is 4.22. The van der Waals surface area contributed by atoms with Gasteiger partial charge in [0, 0.05) is 44.6 Å². The molecule has 0 radical (unpaired) electrons. The average molecular weight is 278 g/mol. The van der Waals surface area contributed by atoms with Crippen LogP contribution in [0.2, 0.25) is 0 Å². The van der Waals surface area contributed by atoms with Crippen LogP contribution >= 0.6 is 0 Å². The maximum Gasteiger partial charge on any atom is 0.122 e. The number of hydrogen-bond acceptors (Lipinski definition) is 3. The van der Waals surface area contributed by atoms with Crippen molar-refractivity contribution >= 4 is 0 Å². The van der Waals surface area contributed by atoms with Crippen molar-refractivity contribution in [2.24, 2.45) is 5.41 Å². The summed E-state index contributed by atoms with van der Waals surface area (Å²) in [5.41, 5.74) is 0.355. The molecule has 0 spiro atoms. The van der Waals surface area contributed by atoms with Crippen molar-refractivity contribution in [2.75, 3.05) is 19.6 Å². The summed E-state index contributed by atoms with van der Waals surface area (Å²) in [4.78, 5) is 7.03. The van der Waals surface area contributed by atoms with E-state index >= 15 is 0 Å². The summed E-state index contributed by atoms with van der Waals surface area (Å²) in [6.07, 6.45) is 6.54. The third-order valence-electron chi connectivity index (χ3n) is 4.22. The van der Waals surface area contributed by atoms with E-state index in [4.69, 9.17) is 0 Å². The molecule has 0 aliphatic carbocycles. The first-order valence-corrected chi connectivity index (χ1v) is 7.98. The van der Waals surface area contributed by atoms with Gasteiger partial charge in [0.15, 0.2) is 0 Å². The number of nitrogens with zero attached hydrogens (tertiary/aromatic N) is 3. The summed E-state index contributed by atoms with van der Waals surface area (Å²) in [6.45, 7) is 14.6. The van der Waals surface area contributed by atoms with Gasteiger partial charge in [-0.2, -0.15) is 0 Å². The van der Waals surface area contributed by atoms with Gasteiger partial charge in [0.25, 0.3) is 0 Å². The highest BCUT2D eigenvalue weighted by Gasteiger charge is 2.28. The highest BCUT2D eigenvalue weighted by atomic mass is 15.2. The monoisotopic (exact) mass is 278 g/mol. The molecule has 0 bridgehead atoms. The van der Waals surface area contributed by atoms with Crippen LogP contribution in [0, 0.1) is 5.41 Å². The van der Waals surface area contributed by atoms with Crippen LogP contribution in [0.4, 0.5) is 0 Å². The van der Waals surface area contributed by atoms with E-state index in [1.54, 1.807) is 0 Å². The summed E-state index contributed by atoms with van der Waals surface area (Å²) in [7, 11) is 0. The second-order valence-electron chi connectivity index (χ2n) is 6.84. The molecule has 1 aromatic rings. The van der Waals surface area contributed by atoms with Gasteiger partial charge in [-0.1, -0.05) is 34.1 Å². The van der Waals surface area contributed by atoms with E-state index in [0.717, 1.165) is 32.7 Å². The molecule has 0 fully saturated rings. The number of imidazole rings is 1. The fourth-order valence-electron chi connectivity index (χ4n) is 3.18. The minimum absolute atomic E-state index is 0.355. The van der Waals surface area contributed by atoms with Crippen LogP contribution in [0.5, 0.6) is 0 Å². The lowest BCUT2D eigenvalue weighted by Gasteiger charge is -2.38. The highest BCUT2D eigenvalue weighted by Crippen LogP contribution is 2.26. The second-order valence-corrected chi connectivity index (χ2v) is 6.84. The lowest BCUT2D eigenvalue weighted by atomic mass is 9.84. The number of nitrogens with one attached hydrogen (secondary N) is 1. The second kappa shape index (κ2) is 6.72. The molecular weight excluding hydrogens is 248 g/mol. The van der Waals surface area contributed by atoms with Crippen LogP contribution < -0.4 is 5.32 Å². The zero-order valence-electron chi connectivity index (χ0n) is 13.5. The number of hydrogen-bond donors (Lipinski definition) is 1. The topological polar surface area (TPSA) is 33.1 Å². The first kappa shape index (κ1) is 15.5. The van der Waals surface area contributed by atoms with Crippen LogP contribution in [0.15, 0.2) is 12.4 Å². The minimum Gasteiger partial charge on any atom is -0.333 e. The van der Waals surface area contributed by atoms with Crippen molar-refractivity contribution in [3.05, 3.63) is 18.2 Å². The molecule has 1 aliphatic rings. The van der Waals surface area contributed by atoms with Gasteiger partial charge in [-0.05, 0) is 11.8 Å². The SMILES string of the molecule is CCCC(C)(CNC(C)C)CN1CCn2ccnc2C1. The fraction of sp³-hybridized carbons (Fsp3) is 0.812. The smallest absolute Gasteiger partial charge is 0.122 e. The van der Waals surface area contributed by atoms with E-state index in [-0.39, 0.29) is 0 Å². The Bertz CT molecular complexity index is 412. The Labute approximate surface area is 123 Å². The van der Waals surface area contributed by atoms with Gasteiger partial charge < -0.3 is 9.88 Å². The standard InChI is InChI=1S/C16H30N4/c1-5-6-16(4,12-18-14(2)3)13-19-9-10-20-8-7-17-15(20)11-19/h7-8,14,18H,5-6,9-13H2,1-4H3. The largest absolute Gasteiger partial charge is 0.333 e. The maximum absolute atomic E-state index is 4.46. The van der Waals surface area contributed by atoms with Crippen LogP contribution in [0.3, 0.4) is 0 Å². The Hall–Kier alpha value is -0.870. The predicted molar refractivity (Wildman–Crippen MR) is 83.7 cm³/mol. The van der Waals surface area contributed by atoms with Gasteiger partial charge in [-0.3, -0.25) is 4.90 Å². The molecule has 0 saturated carbocycles. The average Bonchev–Trinajstić information content (AvgIpc) is 2.84. The fourth-order valence-corrected chi connectivity index (χ4v) is 3.18. The van der Waals surface area contributed by atoms with Gasteiger partial charge >= 0.3 is 0 Å². The van der Waals surface area contributed by atoms with E-state index in [9.17, 15) is 0 Å². The van der Waals surface area contributed by atoms with E-state index in [1.165, 1.54) is 18.7 Å². The molecule has 0 amide bonds. The third kappa shape index (κ3) is 4.06. The van der Waals surface area contributed by atoms with Crippen molar-refractivity contribution in [3.8, 4) is 0 Å². The van der Waals surface area contributed by atoms with Gasteiger partial charge in [0.05, 0.1) is 6.54 Å². The number of fused-ring (bicyclic) bond motifs is 1. The minimum atomic E-state index is 0.355. The van der Waals surface area contributed by atoms with E-state index in [0.29, 0.717) is 11.5 Å². The Morgan fingerprint density at radius 3 is 2.90 bits per heavy atom. The molecule has 2 rings (SSSR count). The molecule has 1 aromatic heterocycles. The first-order valence-electron chi connectivity index (χ1n) is 7.98. The first-order chi connectivity index (χ1) is 9.52. The molecule has 1 atom stereocenters. The van der Waals surface area contributed by atoms with Crippen molar-refractivity contribution in [1.82, 2.24) is 19.8 Å². The van der Waals surface area contributed by atoms with Crippen molar-refractivity contribution in [2.45, 2.75) is 59.7 Å². The van der Waals surface area contributed by atoms with Crippen molar-refractivity contribution < 1.29 is 0 Å². The zero-order chi connectivity index (χ0) is 14.6. The molecule has 20 heavy (non-hydrogen) atoms. The number of rotatable bonds is 7. The van der Waals surface area contributed by atoms with Crippen molar-refractivity contribution in [3.63, 3.8) is 0 Å². The summed E-state index contributed by atoms with van der Waals surface area (Å²) in [5.74, 6) is 1.21. The Morgan fingerprint density at radius 1 is 1.40 bits per heavy atom. The predicted octanol–water partition coefficient (Wildman–Crippen LogP) is 2.50. The van der Waals surface area contributed by atoms with E-state index < -0.39 is 0 Å². The molecule has 114 valence electrons. The number of aromatic nitrogens is 2. The normalized spacial score (nSPS) is 19.1. The van der Waals surface area contributed by atoms with Crippen LogP contribution in [-0.2, 0) is 13.1 Å². The van der Waals surface area contributed by atoms with Gasteiger partial charge in [-0.25, -0.2) is 4.98 Å². The molecule has 0 aromatic carbocycles. The molecule has 1 unspecified atom stereocenters. The molecule has 1 N–H and O–H groups in total. The highest BCUT2D eigenvalue weighted by molar-refractivity contribution is 4.96. The lowest BCUT2D eigenvalue weighted by molar-refractivity contribution is 0.121. The van der Waals surface area contributed by atoms with Crippen molar-refractivity contribution in [1.29, 1.82) is 0 Å². The molecule has 4 heteroatoms. The van der Waals surface area contributed by atoms with Gasteiger partial charge in [0.2, 0.25) is 0 Å². The lowest BCUT2D eigenvalue weighted by Crippen LogP contribution is -2.46. The molecule has 1 aliphatic heterocycles. The maximum atomic E-state index is 4.46. The summed E-state index contributed by atoms with van der Waals surface area (Å²) in [5, 5.41) is 3.63. The zero-order valence-corrected chi connectivity index (χ0v) is 13.5. The van der Waals surface area contributed by atoms with Gasteiger partial charge in [-0.15, -0.1) is 0 Å². The Kier molecular flexibility index (Phi) is 5.22. The van der Waals surface area contributed by atoms with E-state index in [2.05, 4.69) is 53.7 Å².